The second-order valence-electron chi connectivity index (χ2n) is 11.1. The van der Waals surface area contributed by atoms with Crippen molar-refractivity contribution in [2.45, 2.75) is 59.7 Å². The van der Waals surface area contributed by atoms with Crippen LogP contribution in [0.5, 0.6) is 0 Å². The van der Waals surface area contributed by atoms with Crippen molar-refractivity contribution in [2.75, 3.05) is 34.4 Å². The minimum atomic E-state index is -0.649. The number of carbonyl (C=O) groups excluding carboxylic acids is 3. The molecule has 0 radical (unpaired) electrons. The number of carbonyl (C=O) groups is 3. The minimum Gasteiger partial charge on any atom is -0.382 e. The smallest absolute Gasteiger partial charge is 0.280 e. The Morgan fingerprint density at radius 3 is 0.833 bits per heavy atom. The maximum atomic E-state index is 11.8. The quantitative estimate of drug-likeness (QED) is 0.107. The largest absolute Gasteiger partial charge is 0.382 e. The first-order valence-electron chi connectivity index (χ1n) is 15.1. The van der Waals surface area contributed by atoms with E-state index in [4.69, 9.17) is 86.4 Å². The zero-order valence-corrected chi connectivity index (χ0v) is 32.1. The predicted molar refractivity (Wildman–Crippen MR) is 210 cm³/mol. The van der Waals surface area contributed by atoms with E-state index in [1.54, 1.807) is 0 Å². The lowest BCUT2D eigenvalue weighted by Gasteiger charge is -2.07. The minimum absolute atomic E-state index is 0.0378. The van der Waals surface area contributed by atoms with Crippen molar-refractivity contribution >= 4 is 105 Å². The molecule has 54 heavy (non-hydrogen) atoms. The molecular formula is C27H42Cl3N21O3. The Morgan fingerprint density at radius 2 is 0.648 bits per heavy atom. The third kappa shape index (κ3) is 15.1. The summed E-state index contributed by atoms with van der Waals surface area (Å²) >= 11 is 17.0. The highest BCUT2D eigenvalue weighted by atomic mass is 35.5. The van der Waals surface area contributed by atoms with E-state index in [1.807, 2.05) is 41.5 Å². The molecule has 0 spiro atoms. The first-order valence-corrected chi connectivity index (χ1v) is 16.3. The van der Waals surface area contributed by atoms with E-state index in [-0.39, 0.29) is 103 Å². The van der Waals surface area contributed by atoms with E-state index < -0.39 is 17.7 Å². The molecule has 3 heterocycles. The lowest BCUT2D eigenvalue weighted by atomic mass is 10.4. The normalized spacial score (nSPS) is 11.7. The maximum Gasteiger partial charge on any atom is 0.280 e. The molecule has 0 atom stereocenters. The molecule has 0 aromatic carbocycles. The van der Waals surface area contributed by atoms with Crippen LogP contribution in [0.1, 0.15) is 73.0 Å². The molecule has 0 bridgehead atoms. The van der Waals surface area contributed by atoms with Gasteiger partial charge in [-0.1, -0.05) is 34.8 Å². The number of anilines is 6. The van der Waals surface area contributed by atoms with Crippen LogP contribution in [0.25, 0.3) is 0 Å². The zero-order chi connectivity index (χ0) is 41.6. The molecule has 0 aliphatic rings. The van der Waals surface area contributed by atoms with Gasteiger partial charge < -0.3 is 51.6 Å². The number of nitrogens with two attached hydrogens (primary N) is 9. The number of nitrogen functional groups attached to an aromatic ring is 6. The fourth-order valence-corrected chi connectivity index (χ4v) is 3.66. The Hall–Kier alpha value is -6.27. The Kier molecular flexibility index (Phi) is 17.5. The lowest BCUT2D eigenvalue weighted by Crippen LogP contribution is -2.38. The molecule has 0 unspecified atom stereocenters. The number of aliphatic imine (C=N–C) groups is 3. The molecule has 0 aliphatic carbocycles. The number of amides is 3. The molecule has 294 valence electrons. The second kappa shape index (κ2) is 20.7. The summed E-state index contributed by atoms with van der Waals surface area (Å²) in [6.07, 6.45) is 0. The fraction of sp³-hybridized carbons (Fsp3) is 0.333. The van der Waals surface area contributed by atoms with E-state index in [1.165, 1.54) is 0 Å². The van der Waals surface area contributed by atoms with Gasteiger partial charge in [-0.05, 0) is 41.5 Å². The topological polar surface area (TPSA) is 436 Å². The molecule has 3 aromatic heterocycles. The number of hydrogen-bond donors (Lipinski definition) is 12. The SMILES string of the molecule is CC(C)N=C(N)NC(=O)c1nc(Cl)c(N)nc1N.CC(C)N=C(N)NC(=O)c1nc(Cl)c(N)nc1N.CC(C)N=C(N)NC(=O)c1nc(Cl)c(N)nc1N. The highest BCUT2D eigenvalue weighted by Crippen LogP contribution is 2.19. The summed E-state index contributed by atoms with van der Waals surface area (Å²) in [5.41, 5.74) is 48.8. The van der Waals surface area contributed by atoms with Gasteiger partial charge in [0.05, 0.1) is 0 Å². The average molecular weight is 815 g/mol. The first-order chi connectivity index (χ1) is 24.9. The molecule has 0 saturated carbocycles. The van der Waals surface area contributed by atoms with Crippen LogP contribution in [0.3, 0.4) is 0 Å². The average Bonchev–Trinajstić information content (AvgIpc) is 3.01. The highest BCUT2D eigenvalue weighted by Gasteiger charge is 2.19. The molecule has 0 fully saturated rings. The van der Waals surface area contributed by atoms with Crippen molar-refractivity contribution in [2.24, 2.45) is 32.2 Å². The van der Waals surface area contributed by atoms with E-state index in [9.17, 15) is 14.4 Å². The number of nitrogens with zero attached hydrogens (tertiary/aromatic N) is 9. The first kappa shape index (κ1) is 45.8. The molecule has 0 aliphatic heterocycles. The third-order valence-corrected chi connectivity index (χ3v) is 6.11. The zero-order valence-electron chi connectivity index (χ0n) is 29.8. The number of nitrogens with one attached hydrogen (secondary N) is 3. The van der Waals surface area contributed by atoms with Gasteiger partial charge in [-0.15, -0.1) is 0 Å². The number of guanidine groups is 3. The summed E-state index contributed by atoms with van der Waals surface area (Å²) in [5, 5.41) is 6.66. The summed E-state index contributed by atoms with van der Waals surface area (Å²) in [7, 11) is 0. The van der Waals surface area contributed by atoms with Gasteiger partial charge in [-0.25, -0.2) is 29.9 Å². The van der Waals surface area contributed by atoms with Gasteiger partial charge in [0, 0.05) is 18.1 Å². The van der Waals surface area contributed by atoms with Gasteiger partial charge in [0.25, 0.3) is 17.7 Å². The van der Waals surface area contributed by atoms with Gasteiger partial charge in [0.15, 0.2) is 85.3 Å². The van der Waals surface area contributed by atoms with Crippen LogP contribution in [-0.2, 0) is 0 Å². The number of hydrogen-bond acceptors (Lipinski definition) is 18. The van der Waals surface area contributed by atoms with Crippen molar-refractivity contribution in [3.63, 3.8) is 0 Å². The predicted octanol–water partition coefficient (Wildman–Crippen LogP) is -0.758. The summed E-state index contributed by atoms with van der Waals surface area (Å²) in [4.78, 5) is 69.3. The van der Waals surface area contributed by atoms with Crippen LogP contribution >= 0.6 is 34.8 Å². The number of aromatic nitrogens is 6. The van der Waals surface area contributed by atoms with Crippen molar-refractivity contribution in [3.8, 4) is 0 Å². The van der Waals surface area contributed by atoms with Crippen molar-refractivity contribution in [1.82, 2.24) is 45.9 Å². The summed E-state index contributed by atoms with van der Waals surface area (Å²) in [6, 6.07) is -0.156. The van der Waals surface area contributed by atoms with Gasteiger partial charge in [-0.3, -0.25) is 45.3 Å². The molecule has 21 N–H and O–H groups in total. The van der Waals surface area contributed by atoms with Crippen LogP contribution in [0, 0.1) is 0 Å². The monoisotopic (exact) mass is 813 g/mol. The Balaban J connectivity index is 0.000000405. The highest BCUT2D eigenvalue weighted by molar-refractivity contribution is 6.32. The third-order valence-electron chi connectivity index (χ3n) is 5.28. The van der Waals surface area contributed by atoms with Crippen LogP contribution in [0.2, 0.25) is 15.5 Å². The Labute approximate surface area is 323 Å². The molecular weight excluding hydrogens is 773 g/mol. The molecule has 3 aromatic rings. The number of rotatable bonds is 6. The standard InChI is InChI=1S/3C9H14ClN7O/c3*1-3(2)14-9(13)17-8(18)4-6(11)16-7(12)5(10)15-4/h3*3H,1-2H3,(H4,11,12,16)(H3,13,14,17,18). The van der Waals surface area contributed by atoms with Crippen molar-refractivity contribution in [3.05, 3.63) is 32.5 Å². The maximum absolute atomic E-state index is 11.8. The van der Waals surface area contributed by atoms with Gasteiger partial charge in [0.1, 0.15) is 0 Å². The lowest BCUT2D eigenvalue weighted by molar-refractivity contribution is 0.0964. The van der Waals surface area contributed by atoms with E-state index in [0.717, 1.165) is 0 Å². The Morgan fingerprint density at radius 1 is 0.444 bits per heavy atom. The summed E-state index contributed by atoms with van der Waals surface area (Å²) < 4.78 is 0. The van der Waals surface area contributed by atoms with E-state index >= 15 is 0 Å². The Bertz CT molecular complexity index is 1720. The summed E-state index contributed by atoms with van der Waals surface area (Å²) in [5.74, 6) is -2.60. The second-order valence-corrected chi connectivity index (χ2v) is 12.2. The molecule has 27 heteroatoms. The fourth-order valence-electron chi connectivity index (χ4n) is 3.28. The van der Waals surface area contributed by atoms with Gasteiger partial charge in [0.2, 0.25) is 0 Å². The van der Waals surface area contributed by atoms with Crippen LogP contribution < -0.4 is 67.6 Å². The van der Waals surface area contributed by atoms with Crippen molar-refractivity contribution in [1.29, 1.82) is 0 Å². The van der Waals surface area contributed by atoms with Crippen LogP contribution in [-0.4, -0.2) is 83.6 Å². The van der Waals surface area contributed by atoms with Crippen molar-refractivity contribution < 1.29 is 14.4 Å². The molecule has 3 rings (SSSR count). The van der Waals surface area contributed by atoms with Crippen LogP contribution in [0.15, 0.2) is 15.0 Å². The molecule has 0 saturated heterocycles. The molecule has 24 nitrogen and oxygen atoms in total. The summed E-state index contributed by atoms with van der Waals surface area (Å²) in [6.45, 7) is 10.9. The number of halogens is 3. The van der Waals surface area contributed by atoms with E-state index in [0.29, 0.717) is 0 Å². The van der Waals surface area contributed by atoms with Crippen LogP contribution in [0.4, 0.5) is 34.9 Å². The van der Waals surface area contributed by atoms with E-state index in [2.05, 4.69) is 60.8 Å². The van der Waals surface area contributed by atoms with Gasteiger partial charge in [-0.2, -0.15) is 0 Å². The molecule has 3 amide bonds. The van der Waals surface area contributed by atoms with Gasteiger partial charge >= 0.3 is 0 Å².